The van der Waals surface area contributed by atoms with Crippen LogP contribution in [0.5, 0.6) is 11.5 Å². The molecule has 3 rings (SSSR count). The number of aliphatic hydroxyl groups excluding tert-OH is 1. The summed E-state index contributed by atoms with van der Waals surface area (Å²) in [7, 11) is 3.24. The van der Waals surface area contributed by atoms with Crippen LogP contribution in [0.15, 0.2) is 18.2 Å². The van der Waals surface area contributed by atoms with Gasteiger partial charge in [0.1, 0.15) is 5.60 Å². The quantitative estimate of drug-likeness (QED) is 0.455. The lowest BCUT2D eigenvalue weighted by molar-refractivity contribution is -0.160. The van der Waals surface area contributed by atoms with Gasteiger partial charge in [-0.2, -0.15) is 0 Å². The van der Waals surface area contributed by atoms with Crippen molar-refractivity contribution < 1.29 is 38.4 Å². The minimum atomic E-state index is -0.882. The number of benzene rings is 1. The Labute approximate surface area is 213 Å². The third kappa shape index (κ3) is 7.97. The first-order chi connectivity index (χ1) is 17.1. The van der Waals surface area contributed by atoms with E-state index in [0.717, 1.165) is 24.8 Å². The van der Waals surface area contributed by atoms with Gasteiger partial charge in [-0.25, -0.2) is 4.79 Å². The highest BCUT2D eigenvalue weighted by Crippen LogP contribution is 2.33. The van der Waals surface area contributed by atoms with Crippen LogP contribution in [0.4, 0.5) is 4.79 Å². The van der Waals surface area contributed by atoms with E-state index < -0.39 is 23.9 Å². The molecule has 1 aliphatic heterocycles. The van der Waals surface area contributed by atoms with Crippen LogP contribution < -0.4 is 9.47 Å². The smallest absolute Gasteiger partial charge is 0.410 e. The van der Waals surface area contributed by atoms with E-state index >= 15 is 0 Å². The summed E-state index contributed by atoms with van der Waals surface area (Å²) in [6.07, 6.45) is 0.504. The van der Waals surface area contributed by atoms with Gasteiger partial charge in [0, 0.05) is 32.7 Å². The Kier molecular flexibility index (Phi) is 9.81. The van der Waals surface area contributed by atoms with E-state index in [4.69, 9.17) is 23.7 Å². The Morgan fingerprint density at radius 3 is 2.50 bits per heavy atom. The summed E-state index contributed by atoms with van der Waals surface area (Å²) in [6, 6.07) is 5.74. The molecule has 1 heterocycles. The number of rotatable bonds is 11. The van der Waals surface area contributed by atoms with Gasteiger partial charge >= 0.3 is 6.09 Å². The second kappa shape index (κ2) is 12.6. The predicted molar refractivity (Wildman–Crippen MR) is 132 cm³/mol. The predicted octanol–water partition coefficient (Wildman–Crippen LogP) is 2.60. The van der Waals surface area contributed by atoms with E-state index in [2.05, 4.69) is 0 Å². The number of hydrogen-bond donors (Lipinski definition) is 1. The molecule has 1 aromatic rings. The van der Waals surface area contributed by atoms with E-state index in [1.54, 1.807) is 39.9 Å². The summed E-state index contributed by atoms with van der Waals surface area (Å²) in [5.74, 6) is 1.03. The standard InChI is InChI=1S/C26H40N2O8/c1-26(2,3)36-25(31)27-15-20(17-29)35-23(16-27)24(30)28(19-8-9-19)14-18-7-10-21(33-5)22(13-18)34-12-6-11-32-4/h7,10,13,19-20,23,29H,6,8-9,11-12,14-17H2,1-5H3/t20-,23+/m0/s1. The zero-order valence-electron chi connectivity index (χ0n) is 22.0. The van der Waals surface area contributed by atoms with E-state index in [0.29, 0.717) is 31.3 Å². The zero-order chi connectivity index (χ0) is 26.3. The molecule has 36 heavy (non-hydrogen) atoms. The SMILES string of the molecule is COCCCOc1cc(CN(C(=O)[C@H]2CN(C(=O)OC(C)(C)C)C[C@@H](CO)O2)C2CC2)ccc1OC. The van der Waals surface area contributed by atoms with Crippen LogP contribution in [-0.4, -0.2) is 97.9 Å². The summed E-state index contributed by atoms with van der Waals surface area (Å²) in [5, 5.41) is 9.74. The molecule has 2 atom stereocenters. The fourth-order valence-electron chi connectivity index (χ4n) is 4.02. The average Bonchev–Trinajstić information content (AvgIpc) is 3.69. The van der Waals surface area contributed by atoms with Crippen molar-refractivity contribution in [2.24, 2.45) is 0 Å². The van der Waals surface area contributed by atoms with Gasteiger partial charge < -0.3 is 38.6 Å². The summed E-state index contributed by atoms with van der Waals surface area (Å²) >= 11 is 0. The Morgan fingerprint density at radius 2 is 1.89 bits per heavy atom. The molecule has 1 aromatic carbocycles. The number of carbonyl (C=O) groups excluding carboxylic acids is 2. The monoisotopic (exact) mass is 508 g/mol. The molecule has 0 bridgehead atoms. The minimum Gasteiger partial charge on any atom is -0.493 e. The molecule has 1 saturated carbocycles. The van der Waals surface area contributed by atoms with Crippen molar-refractivity contribution in [3.63, 3.8) is 0 Å². The molecule has 2 aliphatic rings. The maximum atomic E-state index is 13.6. The van der Waals surface area contributed by atoms with Crippen LogP contribution in [0.25, 0.3) is 0 Å². The van der Waals surface area contributed by atoms with Crippen molar-refractivity contribution in [3.8, 4) is 11.5 Å². The van der Waals surface area contributed by atoms with Crippen molar-refractivity contribution in [3.05, 3.63) is 23.8 Å². The summed E-state index contributed by atoms with van der Waals surface area (Å²) < 4.78 is 27.8. The normalized spacial score (nSPS) is 20.1. The van der Waals surface area contributed by atoms with Gasteiger partial charge in [0.25, 0.3) is 5.91 Å². The molecule has 202 valence electrons. The Hall–Kier alpha value is -2.56. The fourth-order valence-corrected chi connectivity index (χ4v) is 4.02. The summed E-state index contributed by atoms with van der Waals surface area (Å²) in [6.45, 7) is 6.77. The van der Waals surface area contributed by atoms with Gasteiger partial charge in [-0.3, -0.25) is 4.79 Å². The Balaban J connectivity index is 1.72. The van der Waals surface area contributed by atoms with Gasteiger partial charge in [-0.05, 0) is 51.3 Å². The van der Waals surface area contributed by atoms with Gasteiger partial charge in [0.05, 0.1) is 39.5 Å². The van der Waals surface area contributed by atoms with Gasteiger partial charge in [0.15, 0.2) is 17.6 Å². The second-order valence-corrected chi connectivity index (χ2v) is 10.2. The van der Waals surface area contributed by atoms with Gasteiger partial charge in [-0.1, -0.05) is 6.07 Å². The van der Waals surface area contributed by atoms with Crippen LogP contribution in [0.3, 0.4) is 0 Å². The van der Waals surface area contributed by atoms with E-state index in [-0.39, 0.29) is 31.6 Å². The molecule has 2 fully saturated rings. The van der Waals surface area contributed by atoms with Crippen LogP contribution in [0.1, 0.15) is 45.6 Å². The van der Waals surface area contributed by atoms with Crippen molar-refractivity contribution in [2.75, 3.05) is 47.1 Å². The van der Waals surface area contributed by atoms with E-state index in [1.807, 2.05) is 18.2 Å². The van der Waals surface area contributed by atoms with Crippen molar-refractivity contribution in [1.82, 2.24) is 9.80 Å². The number of nitrogens with zero attached hydrogens (tertiary/aromatic N) is 2. The number of hydrogen-bond acceptors (Lipinski definition) is 8. The maximum absolute atomic E-state index is 13.6. The van der Waals surface area contributed by atoms with Crippen LogP contribution >= 0.6 is 0 Å². The Morgan fingerprint density at radius 1 is 1.14 bits per heavy atom. The van der Waals surface area contributed by atoms with Crippen molar-refractivity contribution in [2.45, 2.75) is 70.4 Å². The number of morpholine rings is 1. The molecule has 1 aliphatic carbocycles. The lowest BCUT2D eigenvalue weighted by atomic mass is 10.1. The van der Waals surface area contributed by atoms with Gasteiger partial charge in [0.2, 0.25) is 0 Å². The highest BCUT2D eigenvalue weighted by atomic mass is 16.6. The van der Waals surface area contributed by atoms with Gasteiger partial charge in [-0.15, -0.1) is 0 Å². The molecule has 0 spiro atoms. The van der Waals surface area contributed by atoms with Crippen LogP contribution in [0, 0.1) is 0 Å². The third-order valence-electron chi connectivity index (χ3n) is 5.90. The number of aliphatic hydroxyl groups is 1. The van der Waals surface area contributed by atoms with Crippen LogP contribution in [-0.2, 0) is 25.5 Å². The molecular weight excluding hydrogens is 468 g/mol. The zero-order valence-corrected chi connectivity index (χ0v) is 22.0. The van der Waals surface area contributed by atoms with E-state index in [1.165, 1.54) is 4.90 Å². The molecule has 1 N–H and O–H groups in total. The van der Waals surface area contributed by atoms with Crippen molar-refractivity contribution >= 4 is 12.0 Å². The molecule has 10 nitrogen and oxygen atoms in total. The topological polar surface area (TPSA) is 107 Å². The molecule has 1 saturated heterocycles. The number of methoxy groups -OCH3 is 2. The molecule has 0 radical (unpaired) electrons. The largest absolute Gasteiger partial charge is 0.493 e. The first-order valence-corrected chi connectivity index (χ1v) is 12.5. The number of ether oxygens (including phenoxy) is 5. The highest BCUT2D eigenvalue weighted by Gasteiger charge is 2.41. The highest BCUT2D eigenvalue weighted by molar-refractivity contribution is 5.83. The molecule has 2 amide bonds. The number of amides is 2. The average molecular weight is 509 g/mol. The molecular formula is C26H40N2O8. The fraction of sp³-hybridized carbons (Fsp3) is 0.692. The number of carbonyl (C=O) groups is 2. The first kappa shape index (κ1) is 28.0. The Bertz CT molecular complexity index is 883. The van der Waals surface area contributed by atoms with Crippen molar-refractivity contribution in [1.29, 1.82) is 0 Å². The molecule has 0 aromatic heterocycles. The maximum Gasteiger partial charge on any atom is 0.410 e. The molecule has 0 unspecified atom stereocenters. The third-order valence-corrected chi connectivity index (χ3v) is 5.90. The van der Waals surface area contributed by atoms with E-state index in [9.17, 15) is 14.7 Å². The minimum absolute atomic E-state index is 0.0734. The summed E-state index contributed by atoms with van der Waals surface area (Å²) in [4.78, 5) is 29.6. The first-order valence-electron chi connectivity index (χ1n) is 12.5. The molecule has 10 heteroatoms. The summed E-state index contributed by atoms with van der Waals surface area (Å²) in [5.41, 5.74) is 0.234. The van der Waals surface area contributed by atoms with Crippen LogP contribution in [0.2, 0.25) is 0 Å². The lowest BCUT2D eigenvalue weighted by Gasteiger charge is -2.39. The lowest BCUT2D eigenvalue weighted by Crippen LogP contribution is -2.57. The second-order valence-electron chi connectivity index (χ2n) is 10.2.